The second-order valence-corrected chi connectivity index (χ2v) is 4.59. The van der Waals surface area contributed by atoms with Crippen LogP contribution in [0.5, 0.6) is 0 Å². The lowest BCUT2D eigenvalue weighted by molar-refractivity contribution is 0.434. The number of hydrogen-bond acceptors (Lipinski definition) is 2. The van der Waals surface area contributed by atoms with E-state index in [2.05, 4.69) is 16.4 Å². The number of nitrogens with zero attached hydrogens (tertiary/aromatic N) is 1. The Morgan fingerprint density at radius 1 is 1.33 bits per heavy atom. The molecule has 0 amide bonds. The van der Waals surface area contributed by atoms with Crippen molar-refractivity contribution < 1.29 is 0 Å². The number of pyridine rings is 1. The highest BCUT2D eigenvalue weighted by Crippen LogP contribution is 2.10. The third-order valence-electron chi connectivity index (χ3n) is 2.24. The maximum atomic E-state index is 5.84. The second kappa shape index (κ2) is 5.69. The van der Waals surface area contributed by atoms with Crippen LogP contribution in [0.4, 0.5) is 0 Å². The van der Waals surface area contributed by atoms with Gasteiger partial charge in [0.1, 0.15) is 0 Å². The zero-order valence-corrected chi connectivity index (χ0v) is 10.6. The molecule has 0 unspecified atom stereocenters. The molecule has 0 spiro atoms. The van der Waals surface area contributed by atoms with Crippen LogP contribution in [0.25, 0.3) is 0 Å². The first-order valence-corrected chi connectivity index (χ1v) is 5.94. The molecule has 84 valence electrons. The Labute approximate surface area is 101 Å². The van der Waals surface area contributed by atoms with Gasteiger partial charge in [-0.3, -0.25) is 4.98 Å². The third-order valence-corrected chi connectivity index (χ3v) is 3.42. The molecule has 0 aliphatic heterocycles. The van der Waals surface area contributed by atoms with E-state index < -0.39 is 0 Å². The van der Waals surface area contributed by atoms with E-state index in [0.717, 1.165) is 17.7 Å². The van der Waals surface area contributed by atoms with Crippen LogP contribution < -0.4 is 5.32 Å². The minimum Gasteiger partial charge on any atom is -0.305 e. The van der Waals surface area contributed by atoms with Gasteiger partial charge < -0.3 is 5.32 Å². The maximum Gasteiger partial charge on any atom is 0.0427 e. The Balaban J connectivity index is 2.56. The SMILES string of the molecule is Cc1cncc(CNC(C)(CCl)CCl)c1. The van der Waals surface area contributed by atoms with Crippen molar-refractivity contribution in [3.8, 4) is 0 Å². The summed E-state index contributed by atoms with van der Waals surface area (Å²) in [5.41, 5.74) is 2.09. The van der Waals surface area contributed by atoms with E-state index in [9.17, 15) is 0 Å². The molecular formula is C11H16Cl2N2. The molecular weight excluding hydrogens is 231 g/mol. The number of hydrogen-bond donors (Lipinski definition) is 1. The first kappa shape index (κ1) is 12.8. The molecule has 0 saturated heterocycles. The van der Waals surface area contributed by atoms with Crippen molar-refractivity contribution in [3.05, 3.63) is 29.6 Å². The summed E-state index contributed by atoms with van der Waals surface area (Å²) in [5, 5.41) is 3.34. The summed E-state index contributed by atoms with van der Waals surface area (Å²) in [6, 6.07) is 2.10. The zero-order chi connectivity index (χ0) is 11.3. The minimum atomic E-state index is -0.215. The van der Waals surface area contributed by atoms with E-state index in [1.54, 1.807) is 0 Å². The summed E-state index contributed by atoms with van der Waals surface area (Å²) in [6.45, 7) is 4.78. The molecule has 0 aliphatic carbocycles. The number of rotatable bonds is 5. The predicted octanol–water partition coefficient (Wildman–Crippen LogP) is 2.72. The molecule has 0 radical (unpaired) electrons. The fourth-order valence-corrected chi connectivity index (χ4v) is 1.63. The Hall–Kier alpha value is -0.310. The smallest absolute Gasteiger partial charge is 0.0427 e. The van der Waals surface area contributed by atoms with Crippen LogP contribution >= 0.6 is 23.2 Å². The maximum absolute atomic E-state index is 5.84. The average molecular weight is 247 g/mol. The summed E-state index contributed by atoms with van der Waals surface area (Å²) in [4.78, 5) is 4.13. The number of alkyl halides is 2. The fraction of sp³-hybridized carbons (Fsp3) is 0.545. The predicted molar refractivity (Wildman–Crippen MR) is 65.7 cm³/mol. The van der Waals surface area contributed by atoms with Crippen LogP contribution in [0.3, 0.4) is 0 Å². The van der Waals surface area contributed by atoms with Gasteiger partial charge in [-0.25, -0.2) is 0 Å². The summed E-state index contributed by atoms with van der Waals surface area (Å²) < 4.78 is 0. The number of halogens is 2. The molecule has 0 atom stereocenters. The molecule has 0 bridgehead atoms. The fourth-order valence-electron chi connectivity index (χ4n) is 1.16. The van der Waals surface area contributed by atoms with E-state index in [4.69, 9.17) is 23.2 Å². The van der Waals surface area contributed by atoms with Gasteiger partial charge in [-0.05, 0) is 25.0 Å². The van der Waals surface area contributed by atoms with Gasteiger partial charge in [0.15, 0.2) is 0 Å². The van der Waals surface area contributed by atoms with Crippen molar-refractivity contribution in [1.29, 1.82) is 0 Å². The van der Waals surface area contributed by atoms with Crippen molar-refractivity contribution in [2.24, 2.45) is 0 Å². The molecule has 4 heteroatoms. The molecule has 1 rings (SSSR count). The Bertz CT molecular complexity index is 311. The molecule has 0 aliphatic rings. The molecule has 1 N–H and O–H groups in total. The monoisotopic (exact) mass is 246 g/mol. The van der Waals surface area contributed by atoms with Crippen LogP contribution in [-0.2, 0) is 6.54 Å². The molecule has 0 saturated carbocycles. The zero-order valence-electron chi connectivity index (χ0n) is 9.06. The number of nitrogens with one attached hydrogen (secondary N) is 1. The van der Waals surface area contributed by atoms with Crippen molar-refractivity contribution >= 4 is 23.2 Å². The summed E-state index contributed by atoms with van der Waals surface area (Å²) >= 11 is 11.7. The molecule has 1 aromatic heterocycles. The highest BCUT2D eigenvalue weighted by molar-refractivity contribution is 6.22. The minimum absolute atomic E-state index is 0.215. The highest BCUT2D eigenvalue weighted by atomic mass is 35.5. The lowest BCUT2D eigenvalue weighted by atomic mass is 10.1. The third kappa shape index (κ3) is 3.98. The summed E-state index contributed by atoms with van der Waals surface area (Å²) in [7, 11) is 0. The van der Waals surface area contributed by atoms with Crippen LogP contribution in [0.2, 0.25) is 0 Å². The Morgan fingerprint density at radius 2 is 2.00 bits per heavy atom. The van der Waals surface area contributed by atoms with E-state index >= 15 is 0 Å². The van der Waals surface area contributed by atoms with E-state index in [1.807, 2.05) is 26.2 Å². The lowest BCUT2D eigenvalue weighted by Crippen LogP contribution is -2.45. The average Bonchev–Trinajstić information content (AvgIpc) is 2.26. The van der Waals surface area contributed by atoms with Gasteiger partial charge >= 0.3 is 0 Å². The molecule has 1 aromatic rings. The molecule has 1 heterocycles. The summed E-state index contributed by atoms with van der Waals surface area (Å²) in [6.07, 6.45) is 3.69. The Morgan fingerprint density at radius 3 is 2.53 bits per heavy atom. The van der Waals surface area contributed by atoms with Crippen molar-refractivity contribution in [1.82, 2.24) is 10.3 Å². The number of aryl methyl sites for hydroxylation is 1. The quantitative estimate of drug-likeness (QED) is 0.809. The summed E-state index contributed by atoms with van der Waals surface area (Å²) in [5.74, 6) is 0.992. The van der Waals surface area contributed by atoms with Crippen LogP contribution in [-0.4, -0.2) is 22.3 Å². The largest absolute Gasteiger partial charge is 0.305 e. The normalized spacial score (nSPS) is 11.7. The van der Waals surface area contributed by atoms with E-state index in [0.29, 0.717) is 11.8 Å². The van der Waals surface area contributed by atoms with Crippen LogP contribution in [0.15, 0.2) is 18.5 Å². The number of aromatic nitrogens is 1. The van der Waals surface area contributed by atoms with E-state index in [-0.39, 0.29) is 5.54 Å². The van der Waals surface area contributed by atoms with Crippen molar-refractivity contribution in [2.45, 2.75) is 25.9 Å². The van der Waals surface area contributed by atoms with Gasteiger partial charge in [0.2, 0.25) is 0 Å². The van der Waals surface area contributed by atoms with E-state index in [1.165, 1.54) is 0 Å². The van der Waals surface area contributed by atoms with Crippen LogP contribution in [0.1, 0.15) is 18.1 Å². The molecule has 2 nitrogen and oxygen atoms in total. The van der Waals surface area contributed by atoms with Gasteiger partial charge in [0, 0.05) is 36.2 Å². The van der Waals surface area contributed by atoms with Gasteiger partial charge in [-0.1, -0.05) is 6.07 Å². The van der Waals surface area contributed by atoms with Gasteiger partial charge in [0.25, 0.3) is 0 Å². The highest BCUT2D eigenvalue weighted by Gasteiger charge is 2.20. The molecule has 0 aromatic carbocycles. The second-order valence-electron chi connectivity index (χ2n) is 4.05. The topological polar surface area (TPSA) is 24.9 Å². The van der Waals surface area contributed by atoms with Crippen molar-refractivity contribution in [3.63, 3.8) is 0 Å². The van der Waals surface area contributed by atoms with Crippen molar-refractivity contribution in [2.75, 3.05) is 11.8 Å². The van der Waals surface area contributed by atoms with Gasteiger partial charge in [-0.15, -0.1) is 23.2 Å². The first-order chi connectivity index (χ1) is 7.09. The Kier molecular flexibility index (Phi) is 4.84. The van der Waals surface area contributed by atoms with Crippen LogP contribution in [0, 0.1) is 6.92 Å². The first-order valence-electron chi connectivity index (χ1n) is 4.87. The molecule has 15 heavy (non-hydrogen) atoms. The van der Waals surface area contributed by atoms with Gasteiger partial charge in [0.05, 0.1) is 0 Å². The van der Waals surface area contributed by atoms with Gasteiger partial charge in [-0.2, -0.15) is 0 Å². The molecule has 0 fully saturated rings. The lowest BCUT2D eigenvalue weighted by Gasteiger charge is -2.26. The standard InChI is InChI=1S/C11H16Cl2N2/c1-9-3-10(5-14-4-9)6-15-11(2,7-12)8-13/h3-5,15H,6-8H2,1-2H3.